The molecule has 2 amide bonds. The lowest BCUT2D eigenvalue weighted by Gasteiger charge is -2.22. The van der Waals surface area contributed by atoms with E-state index in [1.54, 1.807) is 11.9 Å². The van der Waals surface area contributed by atoms with Crippen LogP contribution < -0.4 is 10.2 Å². The molecule has 0 saturated carbocycles. The minimum Gasteiger partial charge on any atom is -0.481 e. The number of aliphatic carboxylic acids is 1. The normalized spacial score (nSPS) is 11.8. The maximum atomic E-state index is 12.2. The van der Waals surface area contributed by atoms with E-state index in [9.17, 15) is 9.59 Å². The highest BCUT2D eigenvalue weighted by Gasteiger charge is 2.14. The van der Waals surface area contributed by atoms with Crippen LogP contribution >= 0.6 is 0 Å². The summed E-state index contributed by atoms with van der Waals surface area (Å²) in [6.07, 6.45) is 1.34. The van der Waals surface area contributed by atoms with E-state index in [1.165, 1.54) is 0 Å². The lowest BCUT2D eigenvalue weighted by atomic mass is 10.1. The SMILES string of the molecule is Cc1cc(C)cc(N(C)C(=O)NC(C)CCCC(=O)O)c1. The van der Waals surface area contributed by atoms with Crippen LogP contribution in [-0.2, 0) is 4.79 Å². The minimum absolute atomic E-state index is 0.0507. The van der Waals surface area contributed by atoms with E-state index in [1.807, 2.05) is 32.9 Å². The van der Waals surface area contributed by atoms with Crippen LogP contribution in [0.4, 0.5) is 10.5 Å². The Bertz CT molecular complexity index is 494. The first-order valence-corrected chi connectivity index (χ1v) is 7.14. The Balaban J connectivity index is 2.55. The van der Waals surface area contributed by atoms with Gasteiger partial charge in [-0.3, -0.25) is 9.69 Å². The fourth-order valence-corrected chi connectivity index (χ4v) is 2.20. The Hall–Kier alpha value is -2.04. The summed E-state index contributed by atoms with van der Waals surface area (Å²) in [7, 11) is 1.73. The quantitative estimate of drug-likeness (QED) is 0.846. The number of carbonyl (C=O) groups excluding carboxylic acids is 1. The van der Waals surface area contributed by atoms with Crippen molar-refractivity contribution in [2.45, 2.75) is 46.1 Å². The van der Waals surface area contributed by atoms with E-state index in [2.05, 4.69) is 11.4 Å². The average Bonchev–Trinajstić information content (AvgIpc) is 2.35. The molecular formula is C16H24N2O3. The number of rotatable bonds is 6. The van der Waals surface area contributed by atoms with E-state index in [0.29, 0.717) is 12.8 Å². The van der Waals surface area contributed by atoms with Crippen LogP contribution in [0.1, 0.15) is 37.3 Å². The molecule has 1 unspecified atom stereocenters. The van der Waals surface area contributed by atoms with Gasteiger partial charge in [0, 0.05) is 25.2 Å². The van der Waals surface area contributed by atoms with E-state index in [4.69, 9.17) is 5.11 Å². The molecule has 0 aliphatic carbocycles. The van der Waals surface area contributed by atoms with Crippen LogP contribution in [0.2, 0.25) is 0 Å². The van der Waals surface area contributed by atoms with Gasteiger partial charge < -0.3 is 10.4 Å². The van der Waals surface area contributed by atoms with Crippen molar-refractivity contribution in [1.29, 1.82) is 0 Å². The van der Waals surface area contributed by atoms with Crippen molar-refractivity contribution < 1.29 is 14.7 Å². The Kier molecular flexibility index (Phi) is 6.21. The molecule has 0 aliphatic heterocycles. The predicted molar refractivity (Wildman–Crippen MR) is 83.8 cm³/mol. The Morgan fingerprint density at radius 2 is 1.81 bits per heavy atom. The molecule has 0 spiro atoms. The predicted octanol–water partition coefficient (Wildman–Crippen LogP) is 3.09. The number of hydrogen-bond acceptors (Lipinski definition) is 2. The number of carboxylic acid groups (broad SMARTS) is 1. The van der Waals surface area contributed by atoms with E-state index in [0.717, 1.165) is 16.8 Å². The Labute approximate surface area is 126 Å². The van der Waals surface area contributed by atoms with Crippen molar-refractivity contribution >= 4 is 17.7 Å². The summed E-state index contributed by atoms with van der Waals surface area (Å²) in [5.41, 5.74) is 3.07. The third-order valence-corrected chi connectivity index (χ3v) is 3.30. The van der Waals surface area contributed by atoms with Crippen molar-refractivity contribution in [3.63, 3.8) is 0 Å². The molecule has 0 aromatic heterocycles. The number of nitrogens with zero attached hydrogens (tertiary/aromatic N) is 1. The first-order chi connectivity index (χ1) is 9.79. The third-order valence-electron chi connectivity index (χ3n) is 3.30. The number of carbonyl (C=O) groups is 2. The van der Waals surface area contributed by atoms with Crippen molar-refractivity contribution in [2.24, 2.45) is 0 Å². The van der Waals surface area contributed by atoms with Gasteiger partial charge >= 0.3 is 12.0 Å². The van der Waals surface area contributed by atoms with Gasteiger partial charge in [-0.15, -0.1) is 0 Å². The van der Waals surface area contributed by atoms with Crippen LogP contribution in [0.25, 0.3) is 0 Å². The Morgan fingerprint density at radius 3 is 2.33 bits per heavy atom. The van der Waals surface area contributed by atoms with Gasteiger partial charge in [-0.1, -0.05) is 6.07 Å². The molecule has 0 fully saturated rings. The second-order valence-corrected chi connectivity index (χ2v) is 5.54. The highest BCUT2D eigenvalue weighted by atomic mass is 16.4. The zero-order chi connectivity index (χ0) is 16.0. The fraction of sp³-hybridized carbons (Fsp3) is 0.500. The van der Waals surface area contributed by atoms with Gasteiger partial charge in [0.05, 0.1) is 0 Å². The molecule has 21 heavy (non-hydrogen) atoms. The van der Waals surface area contributed by atoms with E-state index >= 15 is 0 Å². The molecule has 1 rings (SSSR count). The molecule has 116 valence electrons. The molecule has 5 heteroatoms. The number of nitrogens with one attached hydrogen (secondary N) is 1. The second-order valence-electron chi connectivity index (χ2n) is 5.54. The molecule has 0 aliphatic rings. The van der Waals surface area contributed by atoms with Gasteiger partial charge in [0.15, 0.2) is 0 Å². The largest absolute Gasteiger partial charge is 0.481 e. The minimum atomic E-state index is -0.805. The summed E-state index contributed by atoms with van der Waals surface area (Å²) >= 11 is 0. The van der Waals surface area contributed by atoms with E-state index < -0.39 is 5.97 Å². The number of aryl methyl sites for hydroxylation is 2. The van der Waals surface area contributed by atoms with Gasteiger partial charge in [0.2, 0.25) is 0 Å². The number of carboxylic acids is 1. The van der Waals surface area contributed by atoms with Gasteiger partial charge in [-0.05, 0) is 56.9 Å². The zero-order valence-electron chi connectivity index (χ0n) is 13.1. The summed E-state index contributed by atoms with van der Waals surface area (Å²) in [6, 6.07) is 5.75. The number of urea groups is 1. The molecule has 0 saturated heterocycles. The summed E-state index contributed by atoms with van der Waals surface area (Å²) in [6.45, 7) is 5.88. The third kappa shape index (κ3) is 5.85. The fourth-order valence-electron chi connectivity index (χ4n) is 2.20. The summed E-state index contributed by atoms with van der Waals surface area (Å²) in [5, 5.41) is 11.5. The van der Waals surface area contributed by atoms with Crippen LogP contribution in [0.5, 0.6) is 0 Å². The van der Waals surface area contributed by atoms with Gasteiger partial charge in [0.25, 0.3) is 0 Å². The van der Waals surface area contributed by atoms with Gasteiger partial charge in [-0.2, -0.15) is 0 Å². The van der Waals surface area contributed by atoms with Crippen LogP contribution in [0.15, 0.2) is 18.2 Å². The number of benzene rings is 1. The molecule has 5 nitrogen and oxygen atoms in total. The number of anilines is 1. The summed E-state index contributed by atoms with van der Waals surface area (Å²) < 4.78 is 0. The van der Waals surface area contributed by atoms with Crippen LogP contribution in [-0.4, -0.2) is 30.2 Å². The monoisotopic (exact) mass is 292 g/mol. The molecule has 0 radical (unpaired) electrons. The Morgan fingerprint density at radius 1 is 1.24 bits per heavy atom. The summed E-state index contributed by atoms with van der Waals surface area (Å²) in [4.78, 5) is 24.2. The molecule has 0 heterocycles. The number of hydrogen-bond donors (Lipinski definition) is 2. The molecule has 2 N–H and O–H groups in total. The second kappa shape index (κ2) is 7.67. The van der Waals surface area contributed by atoms with Crippen LogP contribution in [0.3, 0.4) is 0 Å². The van der Waals surface area contributed by atoms with Gasteiger partial charge in [-0.25, -0.2) is 4.79 Å². The molecule has 0 bridgehead atoms. The van der Waals surface area contributed by atoms with Crippen molar-refractivity contribution in [1.82, 2.24) is 5.32 Å². The average molecular weight is 292 g/mol. The van der Waals surface area contributed by atoms with Crippen molar-refractivity contribution in [3.05, 3.63) is 29.3 Å². The van der Waals surface area contributed by atoms with Crippen molar-refractivity contribution in [3.8, 4) is 0 Å². The standard InChI is InChI=1S/C16H24N2O3/c1-11-8-12(2)10-14(9-11)18(4)16(21)17-13(3)6-5-7-15(19)20/h8-10,13H,5-7H2,1-4H3,(H,17,21)(H,19,20). The number of amides is 2. The highest BCUT2D eigenvalue weighted by Crippen LogP contribution is 2.17. The lowest BCUT2D eigenvalue weighted by Crippen LogP contribution is -2.42. The molecule has 1 aromatic carbocycles. The summed E-state index contributed by atoms with van der Waals surface area (Å²) in [5.74, 6) is -0.805. The van der Waals surface area contributed by atoms with Gasteiger partial charge in [0.1, 0.15) is 0 Å². The molecule has 1 aromatic rings. The highest BCUT2D eigenvalue weighted by molar-refractivity contribution is 5.91. The lowest BCUT2D eigenvalue weighted by molar-refractivity contribution is -0.137. The zero-order valence-corrected chi connectivity index (χ0v) is 13.1. The molecule has 1 atom stereocenters. The maximum absolute atomic E-state index is 12.2. The first kappa shape index (κ1) is 17.0. The smallest absolute Gasteiger partial charge is 0.321 e. The van der Waals surface area contributed by atoms with Crippen LogP contribution in [0, 0.1) is 13.8 Å². The first-order valence-electron chi connectivity index (χ1n) is 7.14. The van der Waals surface area contributed by atoms with Crippen molar-refractivity contribution in [2.75, 3.05) is 11.9 Å². The van der Waals surface area contributed by atoms with E-state index in [-0.39, 0.29) is 18.5 Å². The maximum Gasteiger partial charge on any atom is 0.321 e. The topological polar surface area (TPSA) is 69.6 Å². The molecular weight excluding hydrogens is 268 g/mol.